The fourth-order valence-electron chi connectivity index (χ4n) is 5.27. The van der Waals surface area contributed by atoms with Crippen LogP contribution in [0.2, 0.25) is 0 Å². The highest BCUT2D eigenvalue weighted by molar-refractivity contribution is 6.26. The van der Waals surface area contributed by atoms with Crippen molar-refractivity contribution in [3.05, 3.63) is 86.6 Å². The van der Waals surface area contributed by atoms with Crippen LogP contribution < -0.4 is 10.6 Å². The van der Waals surface area contributed by atoms with Gasteiger partial charge in [0.1, 0.15) is 12.8 Å². The van der Waals surface area contributed by atoms with Gasteiger partial charge in [0.05, 0.1) is 27.7 Å². The van der Waals surface area contributed by atoms with Crippen molar-refractivity contribution in [2.24, 2.45) is 7.05 Å². The van der Waals surface area contributed by atoms with Crippen LogP contribution in [0.3, 0.4) is 0 Å². The third-order valence-electron chi connectivity index (χ3n) is 7.44. The summed E-state index contributed by atoms with van der Waals surface area (Å²) in [6, 6.07) is 9.67. The Labute approximate surface area is 211 Å². The van der Waals surface area contributed by atoms with Crippen LogP contribution in [0.5, 0.6) is 0 Å². The van der Waals surface area contributed by atoms with Crippen LogP contribution in [0.1, 0.15) is 40.1 Å². The number of carboxylic acid groups (broad SMARTS) is 2. The van der Waals surface area contributed by atoms with E-state index in [1.54, 1.807) is 54.1 Å². The van der Waals surface area contributed by atoms with Gasteiger partial charge in [-0.1, -0.05) is 6.58 Å². The SMILES string of the molecule is C=c1/c(=C/C2=C(O)C(=CC3=[N+](C)c4ccc(C(=O)O)cc4C3(C)C)C2=O)n(C)c2ccc(C(=O)O)cc12. The van der Waals surface area contributed by atoms with Gasteiger partial charge in [0.2, 0.25) is 11.5 Å². The number of fused-ring (bicyclic) bond motifs is 2. The molecule has 0 unspecified atom stereocenters. The molecule has 0 spiro atoms. The molecule has 186 valence electrons. The summed E-state index contributed by atoms with van der Waals surface area (Å²) < 4.78 is 3.70. The van der Waals surface area contributed by atoms with Crippen LogP contribution in [0.4, 0.5) is 5.69 Å². The first-order valence-corrected chi connectivity index (χ1v) is 11.6. The largest absolute Gasteiger partial charge is 0.506 e. The van der Waals surface area contributed by atoms with Gasteiger partial charge in [0, 0.05) is 46.2 Å². The van der Waals surface area contributed by atoms with E-state index in [4.69, 9.17) is 0 Å². The molecule has 0 bridgehead atoms. The number of carbonyl (C=O) groups excluding carboxylic acids is 1. The lowest BCUT2D eigenvalue weighted by molar-refractivity contribution is -0.401. The lowest BCUT2D eigenvalue weighted by Crippen LogP contribution is -2.32. The zero-order valence-electron chi connectivity index (χ0n) is 20.8. The number of allylic oxidation sites excluding steroid dienone is 3. The summed E-state index contributed by atoms with van der Waals surface area (Å²) in [5.41, 5.74) is 3.20. The molecule has 0 amide bonds. The van der Waals surface area contributed by atoms with Crippen molar-refractivity contribution in [1.82, 2.24) is 4.57 Å². The topological polar surface area (TPSA) is 120 Å². The number of ketones is 1. The normalized spacial score (nSPS) is 18.1. The Morgan fingerprint density at radius 1 is 1.03 bits per heavy atom. The van der Waals surface area contributed by atoms with Crippen molar-refractivity contribution >= 4 is 52.7 Å². The number of aliphatic hydroxyl groups excluding tert-OH is 1. The minimum atomic E-state index is -1.04. The molecule has 5 rings (SSSR count). The van der Waals surface area contributed by atoms with Gasteiger partial charge in [-0.15, -0.1) is 0 Å². The number of carboxylic acids is 2. The molecule has 0 radical (unpaired) electrons. The van der Waals surface area contributed by atoms with Crippen molar-refractivity contribution in [1.29, 1.82) is 0 Å². The molecule has 3 aromatic rings. The Balaban J connectivity index is 1.59. The fraction of sp³-hybridized carbons (Fsp3) is 0.172. The Morgan fingerprint density at radius 2 is 1.65 bits per heavy atom. The minimum Gasteiger partial charge on any atom is -0.506 e. The molecule has 1 aliphatic heterocycles. The number of aliphatic hydroxyl groups is 1. The fourth-order valence-corrected chi connectivity index (χ4v) is 5.27. The van der Waals surface area contributed by atoms with Crippen molar-refractivity contribution < 1.29 is 34.3 Å². The first-order chi connectivity index (χ1) is 17.3. The molecule has 1 aromatic heterocycles. The second-order valence-electron chi connectivity index (χ2n) is 9.86. The summed E-state index contributed by atoms with van der Waals surface area (Å²) in [7, 11) is 3.63. The van der Waals surface area contributed by atoms with Crippen LogP contribution in [-0.2, 0) is 17.3 Å². The summed E-state index contributed by atoms with van der Waals surface area (Å²) in [4.78, 5) is 36.0. The summed E-state index contributed by atoms with van der Waals surface area (Å²) in [5, 5.41) is 31.4. The molecule has 3 N–H and O–H groups in total. The van der Waals surface area contributed by atoms with Crippen LogP contribution in [0, 0.1) is 0 Å². The number of Topliss-reactive ketones (excluding diaryl/α,β-unsaturated/α-hetero) is 1. The highest BCUT2D eigenvalue weighted by atomic mass is 16.4. The Morgan fingerprint density at radius 3 is 2.27 bits per heavy atom. The predicted molar refractivity (Wildman–Crippen MR) is 139 cm³/mol. The molecular formula is C29H25N2O6+. The van der Waals surface area contributed by atoms with Gasteiger partial charge >= 0.3 is 11.9 Å². The van der Waals surface area contributed by atoms with E-state index in [9.17, 15) is 29.7 Å². The quantitative estimate of drug-likeness (QED) is 0.377. The average molecular weight is 498 g/mol. The molecule has 0 saturated heterocycles. The smallest absolute Gasteiger partial charge is 0.335 e. The number of hydrogen-bond donors (Lipinski definition) is 3. The van der Waals surface area contributed by atoms with Gasteiger partial charge in [-0.25, -0.2) is 9.59 Å². The zero-order valence-corrected chi connectivity index (χ0v) is 20.8. The number of aromatic carboxylic acids is 2. The van der Waals surface area contributed by atoms with Crippen LogP contribution >= 0.6 is 0 Å². The lowest BCUT2D eigenvalue weighted by Gasteiger charge is -2.21. The van der Waals surface area contributed by atoms with Crippen molar-refractivity contribution in [3.63, 3.8) is 0 Å². The molecule has 2 aliphatic rings. The molecule has 2 heterocycles. The maximum Gasteiger partial charge on any atom is 0.335 e. The minimum absolute atomic E-state index is 0.137. The maximum atomic E-state index is 13.1. The molecule has 2 aromatic carbocycles. The van der Waals surface area contributed by atoms with E-state index in [0.717, 1.165) is 22.5 Å². The molecule has 0 saturated carbocycles. The van der Waals surface area contributed by atoms with Crippen LogP contribution in [0.15, 0.2) is 59.4 Å². The van der Waals surface area contributed by atoms with Crippen LogP contribution in [-0.4, -0.2) is 54.9 Å². The summed E-state index contributed by atoms with van der Waals surface area (Å²) in [5.74, 6) is -2.52. The number of rotatable bonds is 4. The number of benzene rings is 2. The molecule has 0 atom stereocenters. The highest BCUT2D eigenvalue weighted by Gasteiger charge is 2.45. The molecular weight excluding hydrogens is 472 g/mol. The molecule has 37 heavy (non-hydrogen) atoms. The average Bonchev–Trinajstić information content (AvgIpc) is 3.21. The second-order valence-corrected chi connectivity index (χ2v) is 9.86. The first kappa shape index (κ1) is 24.0. The van der Waals surface area contributed by atoms with Gasteiger partial charge in [0.25, 0.3) is 0 Å². The number of nitrogens with zero attached hydrogens (tertiary/aromatic N) is 2. The standard InChI is InChI=1S/C29H24N2O6/c1-14-17-10-15(27(34)35)6-8-21(17)30(4)23(14)12-18-25(32)19(26(18)33)13-24-29(2,3)20-11-16(28(36)37)7-9-22(20)31(24)5/h6-13H,1H2,2-5H3,(H2-,32,33,34,35,36,37)/p+1. The summed E-state index contributed by atoms with van der Waals surface area (Å²) in [6.45, 7) is 7.97. The number of aryl methyl sites for hydroxylation is 1. The van der Waals surface area contributed by atoms with E-state index in [1.807, 2.05) is 25.5 Å². The maximum absolute atomic E-state index is 13.1. The molecule has 1 aliphatic carbocycles. The van der Waals surface area contributed by atoms with Gasteiger partial charge < -0.3 is 19.9 Å². The van der Waals surface area contributed by atoms with E-state index < -0.39 is 17.4 Å². The second kappa shape index (κ2) is 7.89. The van der Waals surface area contributed by atoms with Gasteiger partial charge in [-0.2, -0.15) is 4.58 Å². The zero-order chi connectivity index (χ0) is 27.0. The molecule has 8 heteroatoms. The lowest BCUT2D eigenvalue weighted by atomic mass is 9.78. The predicted octanol–water partition coefficient (Wildman–Crippen LogP) is 2.79. The van der Waals surface area contributed by atoms with Crippen LogP contribution in [0.25, 0.3) is 23.6 Å². The van der Waals surface area contributed by atoms with Crippen molar-refractivity contribution in [2.45, 2.75) is 19.3 Å². The summed E-state index contributed by atoms with van der Waals surface area (Å²) in [6.07, 6.45) is 3.22. The van der Waals surface area contributed by atoms with E-state index in [1.165, 1.54) is 6.07 Å². The van der Waals surface area contributed by atoms with Gasteiger partial charge in [0.15, 0.2) is 5.71 Å². The Kier molecular flexibility index (Phi) is 5.12. The third kappa shape index (κ3) is 3.36. The number of carbonyl (C=O) groups is 3. The van der Waals surface area contributed by atoms with E-state index >= 15 is 0 Å². The first-order valence-electron chi connectivity index (χ1n) is 11.6. The van der Waals surface area contributed by atoms with Crippen molar-refractivity contribution in [2.75, 3.05) is 7.05 Å². The number of aromatic nitrogens is 1. The van der Waals surface area contributed by atoms with E-state index in [2.05, 4.69) is 6.58 Å². The molecule has 0 fully saturated rings. The van der Waals surface area contributed by atoms with Gasteiger partial charge in [-0.3, -0.25) is 4.79 Å². The van der Waals surface area contributed by atoms with Gasteiger partial charge in [-0.05, 0) is 50.3 Å². The third-order valence-corrected chi connectivity index (χ3v) is 7.44. The highest BCUT2D eigenvalue weighted by Crippen LogP contribution is 2.41. The Hall–Kier alpha value is -4.72. The van der Waals surface area contributed by atoms with E-state index in [0.29, 0.717) is 16.0 Å². The van der Waals surface area contributed by atoms with Crippen molar-refractivity contribution in [3.8, 4) is 0 Å². The number of hydrogen-bond acceptors (Lipinski definition) is 4. The summed E-state index contributed by atoms with van der Waals surface area (Å²) >= 11 is 0. The van der Waals surface area contributed by atoms with E-state index in [-0.39, 0.29) is 33.8 Å². The molecule has 8 nitrogen and oxygen atoms in total. The Bertz CT molecular complexity index is 1810. The monoisotopic (exact) mass is 497 g/mol.